The minimum Gasteiger partial charge on any atom is -0.396 e. The van der Waals surface area contributed by atoms with E-state index in [0.29, 0.717) is 6.61 Å². The number of rotatable bonds is 6. The molecule has 2 rings (SSSR count). The van der Waals surface area contributed by atoms with Crippen LogP contribution in [-0.4, -0.2) is 21.5 Å². The second kappa shape index (κ2) is 4.79. The number of unbranched alkanes of at least 4 members (excludes halogenated alkanes) is 2. The van der Waals surface area contributed by atoms with Gasteiger partial charge in [-0.3, -0.25) is 4.68 Å². The number of hydrogen-bond donors (Lipinski definition) is 1. The van der Waals surface area contributed by atoms with Gasteiger partial charge in [0.1, 0.15) is 0 Å². The Morgan fingerprint density at radius 3 is 2.87 bits per heavy atom. The van der Waals surface area contributed by atoms with E-state index in [-0.39, 0.29) is 0 Å². The molecule has 1 aliphatic carbocycles. The van der Waals surface area contributed by atoms with Crippen LogP contribution in [0.4, 0.5) is 0 Å². The molecule has 0 amide bonds. The SMILES string of the molecule is Cn1nc(CCCCCO)cc1C1CC1. The van der Waals surface area contributed by atoms with E-state index in [9.17, 15) is 0 Å². The summed E-state index contributed by atoms with van der Waals surface area (Å²) in [5, 5.41) is 13.2. The second-order valence-electron chi connectivity index (χ2n) is 4.49. The summed E-state index contributed by atoms with van der Waals surface area (Å²) < 4.78 is 2.04. The zero-order valence-corrected chi connectivity index (χ0v) is 9.45. The van der Waals surface area contributed by atoms with Crippen LogP contribution < -0.4 is 0 Å². The van der Waals surface area contributed by atoms with Crippen molar-refractivity contribution in [3.8, 4) is 0 Å². The van der Waals surface area contributed by atoms with Crippen LogP contribution in [0.15, 0.2) is 6.07 Å². The Balaban J connectivity index is 1.83. The van der Waals surface area contributed by atoms with Gasteiger partial charge in [0.2, 0.25) is 0 Å². The fourth-order valence-electron chi connectivity index (χ4n) is 2.02. The second-order valence-corrected chi connectivity index (χ2v) is 4.49. The van der Waals surface area contributed by atoms with Gasteiger partial charge in [-0.05, 0) is 38.2 Å². The van der Waals surface area contributed by atoms with Crippen LogP contribution >= 0.6 is 0 Å². The first-order chi connectivity index (χ1) is 7.31. The zero-order chi connectivity index (χ0) is 10.7. The lowest BCUT2D eigenvalue weighted by atomic mass is 10.1. The van der Waals surface area contributed by atoms with Gasteiger partial charge in [-0.25, -0.2) is 0 Å². The van der Waals surface area contributed by atoms with Crippen LogP contribution in [0.25, 0.3) is 0 Å². The highest BCUT2D eigenvalue weighted by Crippen LogP contribution is 2.39. The van der Waals surface area contributed by atoms with Crippen LogP contribution in [0.2, 0.25) is 0 Å². The molecule has 1 fully saturated rings. The van der Waals surface area contributed by atoms with E-state index < -0.39 is 0 Å². The molecule has 15 heavy (non-hydrogen) atoms. The van der Waals surface area contributed by atoms with Gasteiger partial charge in [0.05, 0.1) is 5.69 Å². The summed E-state index contributed by atoms with van der Waals surface area (Å²) in [6.45, 7) is 0.315. The summed E-state index contributed by atoms with van der Waals surface area (Å²) in [6, 6.07) is 2.26. The van der Waals surface area contributed by atoms with Crippen molar-refractivity contribution in [3.63, 3.8) is 0 Å². The molecule has 0 radical (unpaired) electrons. The van der Waals surface area contributed by atoms with E-state index in [2.05, 4.69) is 11.2 Å². The Bertz CT molecular complexity index is 315. The predicted octanol–water partition coefficient (Wildman–Crippen LogP) is 2.00. The van der Waals surface area contributed by atoms with Gasteiger partial charge in [-0.2, -0.15) is 5.10 Å². The summed E-state index contributed by atoms with van der Waals surface area (Å²) >= 11 is 0. The lowest BCUT2D eigenvalue weighted by Crippen LogP contribution is -1.96. The van der Waals surface area contributed by atoms with Gasteiger partial charge in [0.25, 0.3) is 0 Å². The zero-order valence-electron chi connectivity index (χ0n) is 9.45. The average Bonchev–Trinajstić information content (AvgIpc) is 2.99. The molecule has 0 aliphatic heterocycles. The van der Waals surface area contributed by atoms with E-state index in [1.165, 1.54) is 24.2 Å². The van der Waals surface area contributed by atoms with Crippen LogP contribution in [0.3, 0.4) is 0 Å². The minimum absolute atomic E-state index is 0.315. The van der Waals surface area contributed by atoms with Gasteiger partial charge in [0.15, 0.2) is 0 Å². The van der Waals surface area contributed by atoms with Gasteiger partial charge in [-0.1, -0.05) is 6.42 Å². The molecule has 0 spiro atoms. The van der Waals surface area contributed by atoms with Crippen molar-refractivity contribution in [1.29, 1.82) is 0 Å². The third-order valence-electron chi connectivity index (χ3n) is 3.05. The molecule has 1 saturated carbocycles. The average molecular weight is 208 g/mol. The molecule has 1 aliphatic rings. The smallest absolute Gasteiger partial charge is 0.0627 e. The Morgan fingerprint density at radius 1 is 1.40 bits per heavy atom. The van der Waals surface area contributed by atoms with Crippen molar-refractivity contribution in [2.45, 2.75) is 44.4 Å². The fourth-order valence-corrected chi connectivity index (χ4v) is 2.02. The predicted molar refractivity (Wildman–Crippen MR) is 59.8 cm³/mol. The van der Waals surface area contributed by atoms with E-state index >= 15 is 0 Å². The molecule has 0 bridgehead atoms. The maximum absolute atomic E-state index is 8.67. The monoisotopic (exact) mass is 208 g/mol. The number of aryl methyl sites for hydroxylation is 2. The largest absolute Gasteiger partial charge is 0.396 e. The van der Waals surface area contributed by atoms with Crippen LogP contribution in [-0.2, 0) is 13.5 Å². The number of hydrogen-bond acceptors (Lipinski definition) is 2. The molecular formula is C12H20N2O. The number of aromatic nitrogens is 2. The lowest BCUT2D eigenvalue weighted by Gasteiger charge is -1.96. The molecular weight excluding hydrogens is 188 g/mol. The Labute approximate surface area is 91.1 Å². The summed E-state index contributed by atoms with van der Waals surface area (Å²) in [5.74, 6) is 0.786. The first kappa shape index (κ1) is 10.7. The Hall–Kier alpha value is -0.830. The molecule has 0 saturated heterocycles. The van der Waals surface area contributed by atoms with Crippen molar-refractivity contribution < 1.29 is 5.11 Å². The fraction of sp³-hybridized carbons (Fsp3) is 0.750. The third-order valence-corrected chi connectivity index (χ3v) is 3.05. The van der Waals surface area contributed by atoms with E-state index in [0.717, 1.165) is 31.6 Å². The van der Waals surface area contributed by atoms with Crippen molar-refractivity contribution in [3.05, 3.63) is 17.5 Å². The first-order valence-corrected chi connectivity index (χ1v) is 5.95. The summed E-state index contributed by atoms with van der Waals surface area (Å²) in [4.78, 5) is 0. The number of aliphatic hydroxyl groups is 1. The highest BCUT2D eigenvalue weighted by atomic mass is 16.2. The van der Waals surface area contributed by atoms with Gasteiger partial charge < -0.3 is 5.11 Å². The molecule has 1 heterocycles. The van der Waals surface area contributed by atoms with Gasteiger partial charge in [-0.15, -0.1) is 0 Å². The molecule has 0 unspecified atom stereocenters. The lowest BCUT2D eigenvalue weighted by molar-refractivity contribution is 0.283. The maximum atomic E-state index is 8.67. The van der Waals surface area contributed by atoms with Gasteiger partial charge >= 0.3 is 0 Å². The number of aliphatic hydroxyl groups excluding tert-OH is 1. The molecule has 84 valence electrons. The van der Waals surface area contributed by atoms with Gasteiger partial charge in [0, 0.05) is 25.3 Å². The molecule has 1 aromatic rings. The van der Waals surface area contributed by atoms with Crippen molar-refractivity contribution in [2.24, 2.45) is 7.05 Å². The normalized spacial score (nSPS) is 15.9. The van der Waals surface area contributed by atoms with Crippen molar-refractivity contribution in [1.82, 2.24) is 9.78 Å². The number of nitrogens with zero attached hydrogens (tertiary/aromatic N) is 2. The highest BCUT2D eigenvalue weighted by molar-refractivity contribution is 5.19. The maximum Gasteiger partial charge on any atom is 0.0627 e. The third kappa shape index (κ3) is 2.81. The topological polar surface area (TPSA) is 38.0 Å². The van der Waals surface area contributed by atoms with E-state index in [1.807, 2.05) is 11.7 Å². The molecule has 1 N–H and O–H groups in total. The Kier molecular flexibility index (Phi) is 3.41. The highest BCUT2D eigenvalue weighted by Gasteiger charge is 2.26. The minimum atomic E-state index is 0.315. The van der Waals surface area contributed by atoms with E-state index in [1.54, 1.807) is 0 Å². The first-order valence-electron chi connectivity index (χ1n) is 5.95. The summed E-state index contributed by atoms with van der Waals surface area (Å²) in [6.07, 6.45) is 6.89. The molecule has 3 nitrogen and oxygen atoms in total. The molecule has 0 aromatic carbocycles. The Morgan fingerprint density at radius 2 is 2.20 bits per heavy atom. The van der Waals surface area contributed by atoms with Crippen LogP contribution in [0, 0.1) is 0 Å². The quantitative estimate of drug-likeness (QED) is 0.726. The van der Waals surface area contributed by atoms with Crippen molar-refractivity contribution in [2.75, 3.05) is 6.61 Å². The van der Waals surface area contributed by atoms with E-state index in [4.69, 9.17) is 5.11 Å². The summed E-state index contributed by atoms with van der Waals surface area (Å²) in [7, 11) is 2.05. The molecule has 1 aromatic heterocycles. The van der Waals surface area contributed by atoms with Crippen LogP contribution in [0.5, 0.6) is 0 Å². The summed E-state index contributed by atoms with van der Waals surface area (Å²) in [5.41, 5.74) is 2.63. The standard InChI is InChI=1S/C12H20N2O/c1-14-12(10-6-7-10)9-11(13-14)5-3-2-4-8-15/h9-10,15H,2-8H2,1H3. The molecule has 3 heteroatoms. The molecule has 0 atom stereocenters. The van der Waals surface area contributed by atoms with Crippen molar-refractivity contribution >= 4 is 0 Å². The van der Waals surface area contributed by atoms with Crippen LogP contribution in [0.1, 0.15) is 49.4 Å².